The molecule has 0 aromatic rings. The normalized spacial score (nSPS) is 53.4. The van der Waals surface area contributed by atoms with Gasteiger partial charge in [-0.1, -0.05) is 46.3 Å². The summed E-state index contributed by atoms with van der Waals surface area (Å²) in [6.45, 7) is 17.8. The van der Waals surface area contributed by atoms with Crippen molar-refractivity contribution in [3.8, 4) is 0 Å². The van der Waals surface area contributed by atoms with Gasteiger partial charge in [0, 0.05) is 0 Å². The van der Waals surface area contributed by atoms with E-state index in [1.165, 1.54) is 12.5 Å². The minimum Gasteiger partial charge on any atom is -0.394 e. The van der Waals surface area contributed by atoms with Gasteiger partial charge in [-0.25, -0.2) is 0 Å². The van der Waals surface area contributed by atoms with Crippen molar-refractivity contribution in [2.75, 3.05) is 6.61 Å². The van der Waals surface area contributed by atoms with Crippen LogP contribution in [0, 0.1) is 45.3 Å². The number of fused-ring (bicyclic) bond motifs is 5. The molecule has 0 radical (unpaired) electrons. The van der Waals surface area contributed by atoms with Crippen molar-refractivity contribution in [1.82, 2.24) is 0 Å². The van der Waals surface area contributed by atoms with Gasteiger partial charge in [0.25, 0.3) is 0 Å². The second-order valence-electron chi connectivity index (χ2n) is 20.3. The fraction of sp³-hybridized carbons (Fsp3) is 0.952. The maximum Gasteiger partial charge on any atom is 0.187 e. The van der Waals surface area contributed by atoms with Crippen LogP contribution in [0.15, 0.2) is 11.6 Å². The molecule has 0 aromatic heterocycles. The van der Waals surface area contributed by atoms with Crippen molar-refractivity contribution in [3.05, 3.63) is 11.6 Å². The molecule has 0 spiro atoms. The van der Waals surface area contributed by atoms with Crippen molar-refractivity contribution in [2.24, 2.45) is 45.3 Å². The Kier molecular flexibility index (Phi) is 12.2. The summed E-state index contributed by atoms with van der Waals surface area (Å²) in [5, 5.41) is 100. The van der Waals surface area contributed by atoms with E-state index < -0.39 is 114 Å². The lowest BCUT2D eigenvalue weighted by molar-refractivity contribution is -0.382. The van der Waals surface area contributed by atoms with Gasteiger partial charge in [-0.15, -0.1) is 0 Å². The largest absolute Gasteiger partial charge is 0.394 e. The van der Waals surface area contributed by atoms with Gasteiger partial charge in [0.15, 0.2) is 12.6 Å². The first-order valence-electron chi connectivity index (χ1n) is 20.8. The average Bonchev–Trinajstić information content (AvgIpc) is 3.49. The number of hydrogen-bond acceptors (Lipinski definition) is 13. The Morgan fingerprint density at radius 3 is 2.13 bits per heavy atom. The quantitative estimate of drug-likeness (QED) is 0.121. The maximum atomic E-state index is 12.3. The molecule has 4 aliphatic carbocycles. The first kappa shape index (κ1) is 43.8. The van der Waals surface area contributed by atoms with Crippen molar-refractivity contribution >= 4 is 0 Å². The second-order valence-corrected chi connectivity index (χ2v) is 20.3. The van der Waals surface area contributed by atoms with E-state index in [9.17, 15) is 46.0 Å². The van der Waals surface area contributed by atoms with Gasteiger partial charge in [-0.3, -0.25) is 0 Å². The molecule has 2 saturated heterocycles. The smallest absolute Gasteiger partial charge is 0.187 e. The number of rotatable bonds is 9. The lowest BCUT2D eigenvalue weighted by atomic mass is 9.34. The van der Waals surface area contributed by atoms with Crippen LogP contribution in [0.5, 0.6) is 0 Å². The predicted molar refractivity (Wildman–Crippen MR) is 201 cm³/mol. The molecule has 55 heavy (non-hydrogen) atoms. The first-order valence-corrected chi connectivity index (χ1v) is 20.8. The van der Waals surface area contributed by atoms with Crippen LogP contribution in [0.25, 0.3) is 0 Å². The molecule has 0 amide bonds. The Hall–Kier alpha value is -0.780. The standard InChI is InChI=1S/C42H72O13/c1-20(2)11-10-14-42(9,51)22-12-16-40(7)28(22)23(44)17-26-39(6)15-13-27(45)38(4,5)35(39)24(18-41(26,40)8)53-37-34(32(49)30(47)25(19-43)54-37)55-36-33(50)31(48)29(46)21(3)52-36/h11,21-37,43-51H,10,12-19H2,1-9H3/t21-,22-,23-,24+,25-,26-,27-,28-,29+,30+,31+,32-,33+,34-,35-,36+,37-,39+,40-,41+,42+/m1/s1. The van der Waals surface area contributed by atoms with E-state index in [1.54, 1.807) is 0 Å². The summed E-state index contributed by atoms with van der Waals surface area (Å²) in [5.74, 6) is -0.526. The third kappa shape index (κ3) is 7.10. The average molecular weight is 785 g/mol. The second kappa shape index (κ2) is 15.4. The molecule has 318 valence electrons. The molecule has 13 heteroatoms. The summed E-state index contributed by atoms with van der Waals surface area (Å²) in [6.07, 6.45) is -8.99. The maximum absolute atomic E-state index is 12.3. The van der Waals surface area contributed by atoms with Crippen LogP contribution in [0.1, 0.15) is 114 Å². The summed E-state index contributed by atoms with van der Waals surface area (Å²) < 4.78 is 25.1. The highest BCUT2D eigenvalue weighted by Crippen LogP contribution is 2.76. The molecule has 6 fully saturated rings. The van der Waals surface area contributed by atoms with Gasteiger partial charge in [0.2, 0.25) is 0 Å². The zero-order chi connectivity index (χ0) is 40.8. The van der Waals surface area contributed by atoms with Crippen LogP contribution in [-0.4, -0.2) is 138 Å². The number of allylic oxidation sites excluding steroid dienone is 2. The van der Waals surface area contributed by atoms with Crippen LogP contribution in [0.2, 0.25) is 0 Å². The molecule has 0 bridgehead atoms. The van der Waals surface area contributed by atoms with Gasteiger partial charge < -0.3 is 64.9 Å². The molecule has 13 nitrogen and oxygen atoms in total. The highest BCUT2D eigenvalue weighted by Gasteiger charge is 2.73. The molecule has 9 N–H and O–H groups in total. The number of aliphatic hydroxyl groups excluding tert-OH is 8. The molecule has 6 aliphatic rings. The minimum absolute atomic E-state index is 0.0411. The van der Waals surface area contributed by atoms with E-state index in [2.05, 4.69) is 40.7 Å². The third-order valence-electron chi connectivity index (χ3n) is 16.5. The van der Waals surface area contributed by atoms with Crippen LogP contribution in [-0.2, 0) is 18.9 Å². The first-order chi connectivity index (χ1) is 25.5. The van der Waals surface area contributed by atoms with Crippen molar-refractivity contribution < 1.29 is 64.9 Å². The molecular weight excluding hydrogens is 712 g/mol. The van der Waals surface area contributed by atoms with Crippen LogP contribution in [0.3, 0.4) is 0 Å². The lowest BCUT2D eigenvalue weighted by Crippen LogP contribution is -2.71. The summed E-state index contributed by atoms with van der Waals surface area (Å²) in [6, 6.07) is 0. The van der Waals surface area contributed by atoms with Gasteiger partial charge in [0.05, 0.1) is 36.6 Å². The molecular formula is C42H72O13. The van der Waals surface area contributed by atoms with Crippen LogP contribution >= 0.6 is 0 Å². The minimum atomic E-state index is -1.70. The summed E-state index contributed by atoms with van der Waals surface area (Å²) in [7, 11) is 0. The predicted octanol–water partition coefficient (Wildman–Crippen LogP) is 2.15. The van der Waals surface area contributed by atoms with Crippen molar-refractivity contribution in [2.45, 2.75) is 199 Å². The van der Waals surface area contributed by atoms with E-state index >= 15 is 0 Å². The Bertz CT molecular complexity index is 1390. The molecule has 21 atom stereocenters. The van der Waals surface area contributed by atoms with Crippen molar-refractivity contribution in [3.63, 3.8) is 0 Å². The van der Waals surface area contributed by atoms with Crippen LogP contribution < -0.4 is 0 Å². The molecule has 6 rings (SSSR count). The van der Waals surface area contributed by atoms with E-state index in [0.717, 1.165) is 19.3 Å². The van der Waals surface area contributed by atoms with Crippen molar-refractivity contribution in [1.29, 1.82) is 0 Å². The molecule has 2 heterocycles. The van der Waals surface area contributed by atoms with Gasteiger partial charge >= 0.3 is 0 Å². The number of aliphatic hydroxyl groups is 9. The Morgan fingerprint density at radius 2 is 1.49 bits per heavy atom. The van der Waals surface area contributed by atoms with E-state index in [0.29, 0.717) is 32.1 Å². The number of ether oxygens (including phenoxy) is 4. The molecule has 0 unspecified atom stereocenters. The number of hydrogen-bond donors (Lipinski definition) is 9. The Morgan fingerprint density at radius 1 is 0.818 bits per heavy atom. The highest BCUT2D eigenvalue weighted by molar-refractivity contribution is 5.22. The summed E-state index contributed by atoms with van der Waals surface area (Å²) in [4.78, 5) is 0. The van der Waals surface area contributed by atoms with Gasteiger partial charge in [0.1, 0.15) is 42.7 Å². The van der Waals surface area contributed by atoms with E-state index in [-0.39, 0.29) is 23.7 Å². The zero-order valence-corrected chi connectivity index (χ0v) is 34.4. The SMILES string of the molecule is CC(C)=CCC[C@](C)(O)[C@@H]1CC[C@]2(C)[C@H]1[C@H](O)C[C@@H]1[C@]3(C)CC[C@@H](O)C(C)(C)[C@H]3[C@@H](O[C@@H]3O[C@H](CO)[C@H](O)[C@@H](O)[C@H]3O[C@@H]3O[C@H](C)[C@H](O)[C@H](O)[C@@H]3O)C[C@@]12C. The summed E-state index contributed by atoms with van der Waals surface area (Å²) in [5.41, 5.74) is -1.71. The topological polar surface area (TPSA) is 219 Å². The lowest BCUT2D eigenvalue weighted by Gasteiger charge is -2.72. The van der Waals surface area contributed by atoms with E-state index in [1.807, 2.05) is 20.8 Å². The Balaban J connectivity index is 1.38. The van der Waals surface area contributed by atoms with E-state index in [4.69, 9.17) is 18.9 Å². The molecule has 4 saturated carbocycles. The summed E-state index contributed by atoms with van der Waals surface area (Å²) >= 11 is 0. The highest BCUT2D eigenvalue weighted by atomic mass is 16.8. The Labute approximate surface area is 327 Å². The van der Waals surface area contributed by atoms with Gasteiger partial charge in [-0.2, -0.15) is 0 Å². The van der Waals surface area contributed by atoms with Crippen LogP contribution in [0.4, 0.5) is 0 Å². The van der Waals surface area contributed by atoms with Gasteiger partial charge in [-0.05, 0) is 124 Å². The fourth-order valence-corrected chi connectivity index (χ4v) is 13.3. The fourth-order valence-electron chi connectivity index (χ4n) is 13.3. The molecule has 0 aromatic carbocycles. The molecule has 2 aliphatic heterocycles. The third-order valence-corrected chi connectivity index (χ3v) is 16.5. The monoisotopic (exact) mass is 784 g/mol. The zero-order valence-electron chi connectivity index (χ0n) is 34.4.